The molecule has 0 radical (unpaired) electrons. The van der Waals surface area contributed by atoms with Crippen LogP contribution in [-0.4, -0.2) is 47.3 Å². The zero-order valence-electron chi connectivity index (χ0n) is 10.8. The number of amides is 1. The van der Waals surface area contributed by atoms with Crippen molar-refractivity contribution >= 4 is 11.9 Å². The summed E-state index contributed by atoms with van der Waals surface area (Å²) in [5.74, 6) is -1.56. The van der Waals surface area contributed by atoms with Gasteiger partial charge in [0.25, 0.3) is 5.67 Å². The standard InChI is InChI=1S/C11H15F4NO3/c1-9(2,3)19-8(18)16-5-4-7(17)10(12,6-16)11(13,14)15/h4-6H2,1-3H3/t10-/m0/s1. The van der Waals surface area contributed by atoms with Gasteiger partial charge in [0.15, 0.2) is 5.78 Å². The first-order valence-corrected chi connectivity index (χ1v) is 5.64. The summed E-state index contributed by atoms with van der Waals surface area (Å²) in [5, 5.41) is 0. The van der Waals surface area contributed by atoms with Crippen molar-refractivity contribution in [3.05, 3.63) is 0 Å². The van der Waals surface area contributed by atoms with E-state index in [1.54, 1.807) is 0 Å². The van der Waals surface area contributed by atoms with E-state index in [4.69, 9.17) is 4.74 Å². The van der Waals surface area contributed by atoms with Crippen LogP contribution in [0.1, 0.15) is 27.2 Å². The molecular weight excluding hydrogens is 270 g/mol. The lowest BCUT2D eigenvalue weighted by Gasteiger charge is -2.37. The minimum Gasteiger partial charge on any atom is -0.444 e. The molecule has 1 heterocycles. The van der Waals surface area contributed by atoms with E-state index in [0.717, 1.165) is 0 Å². The molecule has 110 valence electrons. The zero-order valence-corrected chi connectivity index (χ0v) is 10.8. The van der Waals surface area contributed by atoms with Crippen LogP contribution < -0.4 is 0 Å². The van der Waals surface area contributed by atoms with Gasteiger partial charge in [-0.05, 0) is 20.8 Å². The number of ketones is 1. The van der Waals surface area contributed by atoms with Crippen molar-refractivity contribution < 1.29 is 31.9 Å². The molecule has 0 spiro atoms. The van der Waals surface area contributed by atoms with Crippen LogP contribution >= 0.6 is 0 Å². The summed E-state index contributed by atoms with van der Waals surface area (Å²) < 4.78 is 56.4. The molecule has 0 saturated carbocycles. The van der Waals surface area contributed by atoms with Crippen molar-refractivity contribution in [1.29, 1.82) is 0 Å². The van der Waals surface area contributed by atoms with Gasteiger partial charge >= 0.3 is 12.3 Å². The summed E-state index contributed by atoms with van der Waals surface area (Å²) in [6.45, 7) is 2.96. The molecule has 0 N–H and O–H groups in total. The molecule has 1 aliphatic heterocycles. The number of Topliss-reactive ketones (excluding diaryl/α,β-unsaturated/α-hetero) is 1. The van der Waals surface area contributed by atoms with Gasteiger partial charge in [-0.25, -0.2) is 9.18 Å². The molecule has 1 aliphatic rings. The summed E-state index contributed by atoms with van der Waals surface area (Å²) in [5.41, 5.74) is -4.92. The Labute approximate surface area is 107 Å². The number of rotatable bonds is 0. The molecule has 1 atom stereocenters. The Hall–Kier alpha value is -1.34. The molecule has 19 heavy (non-hydrogen) atoms. The number of carbonyl (C=O) groups excluding carboxylic acids is 2. The van der Waals surface area contributed by atoms with Crippen LogP contribution in [0.15, 0.2) is 0 Å². The fourth-order valence-corrected chi connectivity index (χ4v) is 1.59. The molecule has 8 heteroatoms. The monoisotopic (exact) mass is 285 g/mol. The van der Waals surface area contributed by atoms with Crippen LogP contribution in [0.25, 0.3) is 0 Å². The van der Waals surface area contributed by atoms with Gasteiger partial charge in [-0.3, -0.25) is 4.79 Å². The highest BCUT2D eigenvalue weighted by atomic mass is 19.4. The van der Waals surface area contributed by atoms with Crippen LogP contribution in [0.3, 0.4) is 0 Å². The second-order valence-electron chi connectivity index (χ2n) is 5.37. The SMILES string of the molecule is CC(C)(C)OC(=O)N1CCC(=O)[C@](F)(C(F)(F)F)C1. The van der Waals surface area contributed by atoms with E-state index in [2.05, 4.69) is 0 Å². The molecule has 0 unspecified atom stereocenters. The first-order valence-electron chi connectivity index (χ1n) is 5.64. The Morgan fingerprint density at radius 3 is 2.26 bits per heavy atom. The van der Waals surface area contributed by atoms with E-state index < -0.39 is 42.3 Å². The van der Waals surface area contributed by atoms with Gasteiger partial charge in [-0.2, -0.15) is 13.2 Å². The number of likely N-dealkylation sites (tertiary alicyclic amines) is 1. The maximum absolute atomic E-state index is 13.8. The van der Waals surface area contributed by atoms with Crippen LogP contribution in [0.4, 0.5) is 22.4 Å². The molecule has 1 rings (SSSR count). The van der Waals surface area contributed by atoms with Crippen LogP contribution in [0.2, 0.25) is 0 Å². The number of alkyl halides is 4. The highest BCUT2D eigenvalue weighted by molar-refractivity contribution is 5.90. The van der Waals surface area contributed by atoms with Crippen LogP contribution in [0.5, 0.6) is 0 Å². The fourth-order valence-electron chi connectivity index (χ4n) is 1.59. The van der Waals surface area contributed by atoms with Crippen molar-refractivity contribution in [1.82, 2.24) is 4.90 Å². The largest absolute Gasteiger partial charge is 0.444 e. The number of carbonyl (C=O) groups is 2. The van der Waals surface area contributed by atoms with Crippen LogP contribution in [0, 0.1) is 0 Å². The molecule has 0 bridgehead atoms. The lowest BCUT2D eigenvalue weighted by atomic mass is 9.93. The van der Waals surface area contributed by atoms with Gasteiger partial charge in [0.2, 0.25) is 0 Å². The molecule has 1 saturated heterocycles. The third-order valence-electron chi connectivity index (χ3n) is 2.56. The highest BCUT2D eigenvalue weighted by Crippen LogP contribution is 2.38. The van der Waals surface area contributed by atoms with Crippen molar-refractivity contribution in [2.75, 3.05) is 13.1 Å². The number of hydrogen-bond donors (Lipinski definition) is 0. The second-order valence-corrected chi connectivity index (χ2v) is 5.37. The van der Waals surface area contributed by atoms with Crippen molar-refractivity contribution in [3.8, 4) is 0 Å². The summed E-state index contributed by atoms with van der Waals surface area (Å²) in [6.07, 6.45) is -7.09. The minimum atomic E-state index is -5.34. The Balaban J connectivity index is 2.87. The van der Waals surface area contributed by atoms with Gasteiger partial charge in [0.1, 0.15) is 5.60 Å². The lowest BCUT2D eigenvalue weighted by molar-refractivity contribution is -0.232. The second kappa shape index (κ2) is 4.64. The number of ether oxygens (including phenoxy) is 1. The first kappa shape index (κ1) is 15.7. The molecule has 0 aromatic carbocycles. The third-order valence-corrected chi connectivity index (χ3v) is 2.56. The van der Waals surface area contributed by atoms with E-state index in [0.29, 0.717) is 4.90 Å². The predicted octanol–water partition coefficient (Wildman–Crippen LogP) is 2.47. The van der Waals surface area contributed by atoms with Crippen molar-refractivity contribution in [3.63, 3.8) is 0 Å². The Bertz CT molecular complexity index is 388. The topological polar surface area (TPSA) is 46.6 Å². The molecule has 0 aromatic rings. The summed E-state index contributed by atoms with van der Waals surface area (Å²) >= 11 is 0. The van der Waals surface area contributed by atoms with Gasteiger partial charge in [0, 0.05) is 13.0 Å². The molecule has 1 fully saturated rings. The minimum absolute atomic E-state index is 0.282. The normalized spacial score (nSPS) is 25.4. The molecule has 1 amide bonds. The summed E-state index contributed by atoms with van der Waals surface area (Å²) in [7, 11) is 0. The average Bonchev–Trinajstić information content (AvgIpc) is 2.17. The number of piperidine rings is 1. The van der Waals surface area contributed by atoms with Crippen molar-refractivity contribution in [2.24, 2.45) is 0 Å². The van der Waals surface area contributed by atoms with E-state index in [1.807, 2.05) is 0 Å². The van der Waals surface area contributed by atoms with E-state index in [-0.39, 0.29) is 6.54 Å². The lowest BCUT2D eigenvalue weighted by Crippen LogP contribution is -2.61. The van der Waals surface area contributed by atoms with Gasteiger partial charge < -0.3 is 9.64 Å². The fraction of sp³-hybridized carbons (Fsp3) is 0.818. The van der Waals surface area contributed by atoms with Gasteiger partial charge in [0.05, 0.1) is 6.54 Å². The highest BCUT2D eigenvalue weighted by Gasteiger charge is 2.63. The van der Waals surface area contributed by atoms with Crippen molar-refractivity contribution in [2.45, 2.75) is 44.6 Å². The number of nitrogens with zero attached hydrogens (tertiary/aromatic N) is 1. The average molecular weight is 285 g/mol. The molecule has 4 nitrogen and oxygen atoms in total. The quantitative estimate of drug-likeness (QED) is 0.642. The third kappa shape index (κ3) is 3.36. The summed E-state index contributed by atoms with van der Waals surface area (Å²) in [6, 6.07) is 0. The first-order chi connectivity index (χ1) is 8.37. The molecular formula is C11H15F4NO3. The maximum Gasteiger partial charge on any atom is 0.431 e. The van der Waals surface area contributed by atoms with Crippen LogP contribution in [-0.2, 0) is 9.53 Å². The Morgan fingerprint density at radius 1 is 1.32 bits per heavy atom. The Morgan fingerprint density at radius 2 is 1.84 bits per heavy atom. The van der Waals surface area contributed by atoms with Gasteiger partial charge in [-0.1, -0.05) is 0 Å². The van der Waals surface area contributed by atoms with Gasteiger partial charge in [-0.15, -0.1) is 0 Å². The molecule has 0 aromatic heterocycles. The number of hydrogen-bond acceptors (Lipinski definition) is 3. The maximum atomic E-state index is 13.8. The smallest absolute Gasteiger partial charge is 0.431 e. The molecule has 0 aliphatic carbocycles. The van der Waals surface area contributed by atoms with E-state index >= 15 is 0 Å². The summed E-state index contributed by atoms with van der Waals surface area (Å²) in [4.78, 5) is 23.3. The Kier molecular flexibility index (Phi) is 3.84. The number of halogens is 4. The van der Waals surface area contributed by atoms with E-state index in [1.165, 1.54) is 20.8 Å². The zero-order chi connectivity index (χ0) is 15.1. The predicted molar refractivity (Wildman–Crippen MR) is 57.3 cm³/mol. The van der Waals surface area contributed by atoms with E-state index in [9.17, 15) is 27.2 Å².